The lowest BCUT2D eigenvalue weighted by atomic mass is 10.1. The van der Waals surface area contributed by atoms with Crippen LogP contribution in [0.25, 0.3) is 0 Å². The fourth-order valence-electron chi connectivity index (χ4n) is 3.46. The Morgan fingerprint density at radius 2 is 1.80 bits per heavy atom. The Bertz CT molecular complexity index is 605. The van der Waals surface area contributed by atoms with Crippen LogP contribution in [-0.4, -0.2) is 55.7 Å². The first-order valence-electron chi connectivity index (χ1n) is 11.1. The zero-order valence-electron chi connectivity index (χ0n) is 18.5. The van der Waals surface area contributed by atoms with Crippen LogP contribution in [0.15, 0.2) is 35.3 Å². The van der Waals surface area contributed by atoms with Gasteiger partial charge in [0.25, 0.3) is 0 Å². The van der Waals surface area contributed by atoms with Crippen molar-refractivity contribution < 1.29 is 14.3 Å². The predicted octanol–water partition coefficient (Wildman–Crippen LogP) is 4.63. The van der Waals surface area contributed by atoms with Gasteiger partial charge in [0.1, 0.15) is 11.9 Å². The van der Waals surface area contributed by atoms with E-state index in [-0.39, 0.29) is 36.0 Å². The van der Waals surface area contributed by atoms with Gasteiger partial charge in [-0.3, -0.25) is 9.79 Å². The first-order chi connectivity index (χ1) is 14.2. The molecule has 1 N–H and O–H groups in total. The van der Waals surface area contributed by atoms with Crippen LogP contribution in [0.3, 0.4) is 0 Å². The number of carbonyl (C=O) groups excluding carboxylic acids is 1. The summed E-state index contributed by atoms with van der Waals surface area (Å²) in [5, 5.41) is 3.42. The van der Waals surface area contributed by atoms with E-state index in [1.165, 1.54) is 0 Å². The number of piperidine rings is 1. The number of guanidine groups is 1. The number of benzene rings is 1. The van der Waals surface area contributed by atoms with E-state index in [2.05, 4.69) is 17.1 Å². The lowest BCUT2D eigenvalue weighted by Crippen LogP contribution is -2.47. The van der Waals surface area contributed by atoms with Crippen molar-refractivity contribution in [1.29, 1.82) is 0 Å². The van der Waals surface area contributed by atoms with Crippen LogP contribution in [0.4, 0.5) is 0 Å². The summed E-state index contributed by atoms with van der Waals surface area (Å²) in [5.41, 5.74) is 0. The summed E-state index contributed by atoms with van der Waals surface area (Å²) in [6.07, 6.45) is 6.90. The third kappa shape index (κ3) is 10.5. The molecule has 0 atom stereocenters. The molecule has 170 valence electrons. The Hall–Kier alpha value is -1.51. The maximum atomic E-state index is 11.3. The van der Waals surface area contributed by atoms with Gasteiger partial charge >= 0.3 is 5.97 Å². The quantitative estimate of drug-likeness (QED) is 0.148. The van der Waals surface area contributed by atoms with Gasteiger partial charge in [0, 0.05) is 45.4 Å². The highest BCUT2D eigenvalue weighted by Crippen LogP contribution is 2.18. The molecule has 1 aromatic carbocycles. The maximum Gasteiger partial charge on any atom is 0.305 e. The standard InChI is InChI=1S/C23H37N3O3.HI/c1-3-24-23(25-17-11-6-5-10-14-22(27)28-4-2)26-18-15-21(16-19-26)29-20-12-8-7-9-13-20;/h7-9,12-13,21H,3-6,10-11,14-19H2,1-2H3,(H,24,25);1H. The number of aliphatic imine (C=N–C) groups is 1. The number of likely N-dealkylation sites (tertiary alicyclic amines) is 1. The summed E-state index contributed by atoms with van der Waals surface area (Å²) in [6, 6.07) is 10.1. The number of para-hydroxylation sites is 1. The Kier molecular flexibility index (Phi) is 14.3. The van der Waals surface area contributed by atoms with Crippen molar-refractivity contribution in [1.82, 2.24) is 10.2 Å². The van der Waals surface area contributed by atoms with Crippen LogP contribution in [0.2, 0.25) is 0 Å². The molecule has 30 heavy (non-hydrogen) atoms. The van der Waals surface area contributed by atoms with Crippen molar-refractivity contribution in [2.45, 2.75) is 64.9 Å². The number of esters is 1. The van der Waals surface area contributed by atoms with Gasteiger partial charge in [-0.15, -0.1) is 24.0 Å². The number of nitrogens with one attached hydrogen (secondary N) is 1. The normalized spacial score (nSPS) is 14.7. The average molecular weight is 531 g/mol. The zero-order chi connectivity index (χ0) is 20.7. The summed E-state index contributed by atoms with van der Waals surface area (Å²) in [6.45, 7) is 8.04. The third-order valence-electron chi connectivity index (χ3n) is 4.98. The second-order valence-corrected chi connectivity index (χ2v) is 7.32. The van der Waals surface area contributed by atoms with Crippen LogP contribution < -0.4 is 10.1 Å². The molecule has 6 nitrogen and oxygen atoms in total. The highest BCUT2D eigenvalue weighted by Gasteiger charge is 2.22. The molecule has 0 amide bonds. The van der Waals surface area contributed by atoms with Crippen LogP contribution in [0.5, 0.6) is 5.75 Å². The van der Waals surface area contributed by atoms with E-state index in [0.29, 0.717) is 13.0 Å². The number of hydrogen-bond donors (Lipinski definition) is 1. The molecular formula is C23H38IN3O3. The maximum absolute atomic E-state index is 11.3. The van der Waals surface area contributed by atoms with E-state index in [4.69, 9.17) is 14.5 Å². The monoisotopic (exact) mass is 531 g/mol. The lowest BCUT2D eigenvalue weighted by molar-refractivity contribution is -0.143. The van der Waals surface area contributed by atoms with Crippen molar-refractivity contribution >= 4 is 35.9 Å². The van der Waals surface area contributed by atoms with E-state index in [9.17, 15) is 4.79 Å². The lowest BCUT2D eigenvalue weighted by Gasteiger charge is -2.34. The van der Waals surface area contributed by atoms with Crippen LogP contribution in [0, 0.1) is 0 Å². The molecule has 7 heteroatoms. The minimum Gasteiger partial charge on any atom is -0.490 e. The molecule has 2 rings (SSSR count). The molecule has 0 radical (unpaired) electrons. The van der Waals surface area contributed by atoms with Crippen molar-refractivity contribution in [3.05, 3.63) is 30.3 Å². The molecule has 1 aromatic rings. The number of unbranched alkanes of at least 4 members (excludes halogenated alkanes) is 3. The molecule has 0 aromatic heterocycles. The summed E-state index contributed by atoms with van der Waals surface area (Å²) in [4.78, 5) is 18.5. The minimum absolute atomic E-state index is 0. The third-order valence-corrected chi connectivity index (χ3v) is 4.98. The van der Waals surface area contributed by atoms with Crippen molar-refractivity contribution in [3.8, 4) is 5.75 Å². The molecule has 0 aliphatic carbocycles. The van der Waals surface area contributed by atoms with Gasteiger partial charge in [0.2, 0.25) is 0 Å². The first-order valence-corrected chi connectivity index (χ1v) is 11.1. The Balaban J connectivity index is 0.00000450. The first kappa shape index (κ1) is 26.5. The molecule has 1 fully saturated rings. The van der Waals surface area contributed by atoms with Gasteiger partial charge < -0.3 is 19.7 Å². The van der Waals surface area contributed by atoms with Gasteiger partial charge in [-0.05, 0) is 38.8 Å². The number of hydrogen-bond acceptors (Lipinski definition) is 4. The molecule has 0 bridgehead atoms. The van der Waals surface area contributed by atoms with Gasteiger partial charge in [-0.2, -0.15) is 0 Å². The topological polar surface area (TPSA) is 63.2 Å². The number of rotatable bonds is 11. The molecule has 1 aliphatic heterocycles. The average Bonchev–Trinajstić information content (AvgIpc) is 2.74. The Labute approximate surface area is 198 Å². The molecule has 1 aliphatic rings. The van der Waals surface area contributed by atoms with Gasteiger partial charge in [0.05, 0.1) is 6.61 Å². The largest absolute Gasteiger partial charge is 0.490 e. The van der Waals surface area contributed by atoms with Crippen LogP contribution >= 0.6 is 24.0 Å². The second kappa shape index (κ2) is 16.2. The number of carbonyl (C=O) groups is 1. The Morgan fingerprint density at radius 1 is 1.10 bits per heavy atom. The van der Waals surface area contributed by atoms with Crippen molar-refractivity contribution in [2.24, 2.45) is 4.99 Å². The van der Waals surface area contributed by atoms with Crippen molar-refractivity contribution in [3.63, 3.8) is 0 Å². The molecule has 0 unspecified atom stereocenters. The SMILES string of the molecule is CCNC(=NCCCCCCC(=O)OCC)N1CCC(Oc2ccccc2)CC1.I. The fourth-order valence-corrected chi connectivity index (χ4v) is 3.46. The van der Waals surface area contributed by atoms with Gasteiger partial charge in [-0.1, -0.05) is 31.0 Å². The highest BCUT2D eigenvalue weighted by molar-refractivity contribution is 14.0. The molecule has 1 saturated heterocycles. The number of ether oxygens (including phenoxy) is 2. The molecular weight excluding hydrogens is 493 g/mol. The predicted molar refractivity (Wildman–Crippen MR) is 133 cm³/mol. The second-order valence-electron chi connectivity index (χ2n) is 7.32. The Morgan fingerprint density at radius 3 is 2.47 bits per heavy atom. The van der Waals surface area contributed by atoms with Crippen LogP contribution in [-0.2, 0) is 9.53 Å². The van der Waals surface area contributed by atoms with E-state index >= 15 is 0 Å². The minimum atomic E-state index is -0.0837. The van der Waals surface area contributed by atoms with Gasteiger partial charge in [-0.25, -0.2) is 0 Å². The number of nitrogens with zero attached hydrogens (tertiary/aromatic N) is 2. The van der Waals surface area contributed by atoms with Crippen molar-refractivity contribution in [2.75, 3.05) is 32.8 Å². The van der Waals surface area contributed by atoms with E-state index in [0.717, 1.165) is 76.4 Å². The summed E-state index contributed by atoms with van der Waals surface area (Å²) in [7, 11) is 0. The van der Waals surface area contributed by atoms with E-state index in [1.807, 2.05) is 37.3 Å². The fraction of sp³-hybridized carbons (Fsp3) is 0.652. The molecule has 0 saturated carbocycles. The number of halogens is 1. The van der Waals surface area contributed by atoms with E-state index in [1.54, 1.807) is 0 Å². The molecule has 0 spiro atoms. The summed E-state index contributed by atoms with van der Waals surface area (Å²) in [5.74, 6) is 1.88. The van der Waals surface area contributed by atoms with Gasteiger partial charge in [0.15, 0.2) is 5.96 Å². The highest BCUT2D eigenvalue weighted by atomic mass is 127. The smallest absolute Gasteiger partial charge is 0.305 e. The zero-order valence-corrected chi connectivity index (χ0v) is 20.8. The summed E-state index contributed by atoms with van der Waals surface area (Å²) >= 11 is 0. The summed E-state index contributed by atoms with van der Waals surface area (Å²) < 4.78 is 11.0. The van der Waals surface area contributed by atoms with E-state index < -0.39 is 0 Å². The van der Waals surface area contributed by atoms with Crippen LogP contribution in [0.1, 0.15) is 58.8 Å². The molecule has 1 heterocycles.